The number of nitrogens with zero attached hydrogens (tertiary/aromatic N) is 1. The molecule has 0 radical (unpaired) electrons. The number of benzene rings is 1. The second-order valence-electron chi connectivity index (χ2n) is 5.24. The second kappa shape index (κ2) is 9.20. The zero-order valence-electron chi connectivity index (χ0n) is 13.1. The first-order valence-corrected chi connectivity index (χ1v) is 7.72. The third-order valence-corrected chi connectivity index (χ3v) is 3.64. The van der Waals surface area contributed by atoms with E-state index in [0.29, 0.717) is 0 Å². The molecule has 1 heterocycles. The summed E-state index contributed by atoms with van der Waals surface area (Å²) >= 11 is 0. The van der Waals surface area contributed by atoms with Crippen LogP contribution in [0.15, 0.2) is 40.9 Å². The van der Waals surface area contributed by atoms with Crippen LogP contribution in [0.2, 0.25) is 0 Å². The maximum absolute atomic E-state index is 12.8. The maximum atomic E-state index is 12.8. The third kappa shape index (κ3) is 5.85. The monoisotopic (exact) mass is 305 g/mol. The minimum atomic E-state index is -0.198. The molecule has 0 atom stereocenters. The lowest BCUT2D eigenvalue weighted by Crippen LogP contribution is -2.38. The van der Waals surface area contributed by atoms with E-state index >= 15 is 0 Å². The molecule has 0 saturated heterocycles. The Morgan fingerprint density at radius 3 is 2.55 bits per heavy atom. The lowest BCUT2D eigenvalue weighted by Gasteiger charge is -2.15. The molecule has 1 aromatic carbocycles. The summed E-state index contributed by atoms with van der Waals surface area (Å²) in [5.74, 6) is 0.603. The van der Waals surface area contributed by atoms with E-state index in [4.69, 9.17) is 4.74 Å². The van der Waals surface area contributed by atoms with Crippen molar-refractivity contribution in [3.8, 4) is 0 Å². The van der Waals surface area contributed by atoms with Gasteiger partial charge in [0, 0.05) is 20.1 Å². The highest BCUT2D eigenvalue weighted by atomic mass is 19.1. The standard InChI is InChI=1S/C17H24FN3O/c1-19-17(21-11-7-15-8-12-22-13-9-15)20-10-6-14-2-4-16(18)5-3-14/h2-5,8H,6-7,9-13H2,1H3,(H2,19,20,21). The summed E-state index contributed by atoms with van der Waals surface area (Å²) in [5.41, 5.74) is 2.55. The highest BCUT2D eigenvalue weighted by molar-refractivity contribution is 5.79. The molecule has 22 heavy (non-hydrogen) atoms. The van der Waals surface area contributed by atoms with Crippen molar-refractivity contribution in [3.63, 3.8) is 0 Å². The van der Waals surface area contributed by atoms with E-state index in [1.54, 1.807) is 7.05 Å². The van der Waals surface area contributed by atoms with Crippen molar-refractivity contribution in [2.45, 2.75) is 19.3 Å². The number of rotatable bonds is 6. The van der Waals surface area contributed by atoms with Crippen LogP contribution in [0.25, 0.3) is 0 Å². The van der Waals surface area contributed by atoms with Crippen LogP contribution in [0.4, 0.5) is 4.39 Å². The summed E-state index contributed by atoms with van der Waals surface area (Å²) in [5, 5.41) is 6.58. The average Bonchev–Trinajstić information content (AvgIpc) is 2.56. The van der Waals surface area contributed by atoms with E-state index < -0.39 is 0 Å². The van der Waals surface area contributed by atoms with E-state index in [1.165, 1.54) is 17.7 Å². The van der Waals surface area contributed by atoms with Crippen molar-refractivity contribution in [1.29, 1.82) is 0 Å². The predicted molar refractivity (Wildman–Crippen MR) is 87.6 cm³/mol. The zero-order chi connectivity index (χ0) is 15.6. The Morgan fingerprint density at radius 2 is 1.91 bits per heavy atom. The predicted octanol–water partition coefficient (Wildman–Crippen LogP) is 2.27. The van der Waals surface area contributed by atoms with Gasteiger partial charge in [0.1, 0.15) is 5.82 Å². The Kier molecular flexibility index (Phi) is 6.90. The van der Waals surface area contributed by atoms with Gasteiger partial charge in [-0.25, -0.2) is 4.39 Å². The molecule has 0 amide bonds. The maximum Gasteiger partial charge on any atom is 0.190 e. The van der Waals surface area contributed by atoms with E-state index in [1.807, 2.05) is 12.1 Å². The molecule has 1 aromatic rings. The van der Waals surface area contributed by atoms with Crippen LogP contribution < -0.4 is 10.6 Å². The largest absolute Gasteiger partial charge is 0.377 e. The number of halogens is 1. The molecule has 0 spiro atoms. The van der Waals surface area contributed by atoms with Gasteiger partial charge in [0.15, 0.2) is 5.96 Å². The van der Waals surface area contributed by atoms with Gasteiger partial charge in [0.25, 0.3) is 0 Å². The van der Waals surface area contributed by atoms with Crippen LogP contribution in [0.3, 0.4) is 0 Å². The molecule has 1 aliphatic heterocycles. The Morgan fingerprint density at radius 1 is 1.18 bits per heavy atom. The van der Waals surface area contributed by atoms with Crippen LogP contribution in [-0.2, 0) is 11.2 Å². The molecular formula is C17H24FN3O. The Hall–Kier alpha value is -1.88. The summed E-state index contributed by atoms with van der Waals surface area (Å²) in [4.78, 5) is 4.21. The SMILES string of the molecule is CN=C(NCCC1=CCOCC1)NCCc1ccc(F)cc1. The highest BCUT2D eigenvalue weighted by Crippen LogP contribution is 2.10. The molecular weight excluding hydrogens is 281 g/mol. The van der Waals surface area contributed by atoms with Crippen molar-refractivity contribution in [1.82, 2.24) is 10.6 Å². The second-order valence-corrected chi connectivity index (χ2v) is 5.24. The van der Waals surface area contributed by atoms with E-state index in [2.05, 4.69) is 21.7 Å². The van der Waals surface area contributed by atoms with E-state index in [9.17, 15) is 4.39 Å². The lowest BCUT2D eigenvalue weighted by atomic mass is 10.1. The van der Waals surface area contributed by atoms with Gasteiger partial charge in [-0.05, 0) is 37.0 Å². The topological polar surface area (TPSA) is 45.7 Å². The summed E-state index contributed by atoms with van der Waals surface area (Å²) in [6.45, 7) is 3.19. The van der Waals surface area contributed by atoms with Crippen LogP contribution in [-0.4, -0.2) is 39.3 Å². The molecule has 120 valence electrons. The van der Waals surface area contributed by atoms with Gasteiger partial charge in [-0.1, -0.05) is 23.8 Å². The molecule has 1 aliphatic rings. The van der Waals surface area contributed by atoms with E-state index in [-0.39, 0.29) is 5.82 Å². The summed E-state index contributed by atoms with van der Waals surface area (Å²) in [6.07, 6.45) is 5.04. The van der Waals surface area contributed by atoms with Crippen molar-refractivity contribution in [3.05, 3.63) is 47.3 Å². The van der Waals surface area contributed by atoms with E-state index in [0.717, 1.165) is 57.1 Å². The normalized spacial score (nSPS) is 15.4. The summed E-state index contributed by atoms with van der Waals surface area (Å²) in [7, 11) is 1.76. The fourth-order valence-electron chi connectivity index (χ4n) is 2.33. The molecule has 0 fully saturated rings. The average molecular weight is 305 g/mol. The first-order chi connectivity index (χ1) is 10.8. The first kappa shape index (κ1) is 16.5. The van der Waals surface area contributed by atoms with Gasteiger partial charge < -0.3 is 15.4 Å². The first-order valence-electron chi connectivity index (χ1n) is 7.72. The zero-order valence-corrected chi connectivity index (χ0v) is 13.1. The van der Waals surface area contributed by atoms with Gasteiger partial charge in [-0.3, -0.25) is 4.99 Å². The smallest absolute Gasteiger partial charge is 0.190 e. The van der Waals surface area contributed by atoms with Gasteiger partial charge in [-0.2, -0.15) is 0 Å². The van der Waals surface area contributed by atoms with Crippen LogP contribution in [0.1, 0.15) is 18.4 Å². The molecule has 4 nitrogen and oxygen atoms in total. The lowest BCUT2D eigenvalue weighted by molar-refractivity contribution is 0.153. The van der Waals surface area contributed by atoms with Crippen LogP contribution in [0.5, 0.6) is 0 Å². The summed E-state index contributed by atoms with van der Waals surface area (Å²) in [6, 6.07) is 6.60. The van der Waals surface area contributed by atoms with Crippen molar-refractivity contribution >= 4 is 5.96 Å². The van der Waals surface area contributed by atoms with Gasteiger partial charge >= 0.3 is 0 Å². The molecule has 0 unspecified atom stereocenters. The number of guanidine groups is 1. The Labute approximate surface area is 131 Å². The van der Waals surface area contributed by atoms with Crippen molar-refractivity contribution in [2.75, 3.05) is 33.4 Å². The minimum Gasteiger partial charge on any atom is -0.377 e. The highest BCUT2D eigenvalue weighted by Gasteiger charge is 2.04. The number of ether oxygens (including phenoxy) is 1. The summed E-state index contributed by atoms with van der Waals surface area (Å²) < 4.78 is 18.1. The molecule has 0 bridgehead atoms. The van der Waals surface area contributed by atoms with Crippen LogP contribution >= 0.6 is 0 Å². The van der Waals surface area contributed by atoms with Gasteiger partial charge in [-0.15, -0.1) is 0 Å². The fourth-order valence-corrected chi connectivity index (χ4v) is 2.33. The third-order valence-electron chi connectivity index (χ3n) is 3.64. The molecule has 0 aromatic heterocycles. The van der Waals surface area contributed by atoms with Crippen LogP contribution in [0, 0.1) is 5.82 Å². The van der Waals surface area contributed by atoms with Crippen molar-refractivity contribution in [2.24, 2.45) is 4.99 Å². The Balaban J connectivity index is 1.64. The number of hydrogen-bond acceptors (Lipinski definition) is 2. The number of nitrogens with one attached hydrogen (secondary N) is 2. The minimum absolute atomic E-state index is 0.198. The van der Waals surface area contributed by atoms with Gasteiger partial charge in [0.2, 0.25) is 0 Å². The quantitative estimate of drug-likeness (QED) is 0.481. The number of aliphatic imine (C=N–C) groups is 1. The molecule has 0 aliphatic carbocycles. The molecule has 2 rings (SSSR count). The van der Waals surface area contributed by atoms with Gasteiger partial charge in [0.05, 0.1) is 13.2 Å². The molecule has 0 saturated carbocycles. The molecule has 5 heteroatoms. The number of hydrogen-bond donors (Lipinski definition) is 2. The van der Waals surface area contributed by atoms with Crippen molar-refractivity contribution < 1.29 is 9.13 Å². The fraction of sp³-hybridized carbons (Fsp3) is 0.471. The molecule has 2 N–H and O–H groups in total. The Bertz CT molecular complexity index is 511.